The van der Waals surface area contributed by atoms with E-state index in [0.717, 1.165) is 10.9 Å². The van der Waals surface area contributed by atoms with Crippen LogP contribution < -0.4 is 20.3 Å². The van der Waals surface area contributed by atoms with Gasteiger partial charge in [-0.25, -0.2) is 9.37 Å². The Balaban J connectivity index is 1.69. The highest BCUT2D eigenvalue weighted by molar-refractivity contribution is 9.10. The number of anilines is 1. The highest BCUT2D eigenvalue weighted by atomic mass is 79.9. The molecule has 0 atom stereocenters. The molecule has 8 nitrogen and oxygen atoms in total. The first kappa shape index (κ1) is 27.3. The molecule has 4 aromatic rings. The molecule has 0 bridgehead atoms. The van der Waals surface area contributed by atoms with E-state index in [-0.39, 0.29) is 22.7 Å². The zero-order valence-corrected chi connectivity index (χ0v) is 22.8. The number of ether oxygens (including phenoxy) is 2. The van der Waals surface area contributed by atoms with Crippen molar-refractivity contribution in [1.29, 1.82) is 0 Å². The molecule has 0 fully saturated rings. The van der Waals surface area contributed by atoms with Crippen molar-refractivity contribution in [2.24, 2.45) is 5.10 Å². The van der Waals surface area contributed by atoms with Gasteiger partial charge in [0.2, 0.25) is 0 Å². The van der Waals surface area contributed by atoms with Crippen molar-refractivity contribution in [3.63, 3.8) is 0 Å². The Morgan fingerprint density at radius 3 is 2.76 bits per heavy atom. The highest BCUT2D eigenvalue weighted by Gasteiger charge is 2.16. The van der Waals surface area contributed by atoms with Crippen molar-refractivity contribution < 1.29 is 18.7 Å². The third-order valence-corrected chi connectivity index (χ3v) is 6.14. The van der Waals surface area contributed by atoms with Gasteiger partial charge in [-0.1, -0.05) is 46.6 Å². The number of fused-ring (bicyclic) bond motifs is 1. The molecule has 0 aliphatic rings. The molecular formula is C27H23BrClFN4O4. The lowest BCUT2D eigenvalue weighted by atomic mass is 10.2. The van der Waals surface area contributed by atoms with E-state index < -0.39 is 18.3 Å². The second-order valence-corrected chi connectivity index (χ2v) is 9.50. The summed E-state index contributed by atoms with van der Waals surface area (Å²) in [4.78, 5) is 30.4. The monoisotopic (exact) mass is 600 g/mol. The molecule has 0 spiro atoms. The Morgan fingerprint density at radius 2 is 2.03 bits per heavy atom. The molecule has 0 radical (unpaired) electrons. The fourth-order valence-electron chi connectivity index (χ4n) is 3.70. The number of rotatable bonds is 9. The molecule has 38 heavy (non-hydrogen) atoms. The molecule has 196 valence electrons. The molecule has 1 aromatic heterocycles. The lowest BCUT2D eigenvalue weighted by molar-refractivity contribution is -0.118. The summed E-state index contributed by atoms with van der Waals surface area (Å²) in [5.41, 5.74) is 0.625. The summed E-state index contributed by atoms with van der Waals surface area (Å²) in [6.07, 6.45) is 2.67. The van der Waals surface area contributed by atoms with Gasteiger partial charge in [-0.15, -0.1) is 0 Å². The third kappa shape index (κ3) is 6.20. The number of carbonyl (C=O) groups excluding carboxylic acids is 1. The fourth-order valence-corrected chi connectivity index (χ4v) is 4.27. The first-order chi connectivity index (χ1) is 18.3. The number of nitrogens with one attached hydrogen (secondary N) is 1. The third-order valence-electron chi connectivity index (χ3n) is 5.43. The summed E-state index contributed by atoms with van der Waals surface area (Å²) in [5.74, 6) is -0.239. The van der Waals surface area contributed by atoms with Crippen LogP contribution in [-0.2, 0) is 11.2 Å². The fraction of sp³-hybridized carbons (Fsp3) is 0.185. The summed E-state index contributed by atoms with van der Waals surface area (Å²) in [7, 11) is 1.42. The van der Waals surface area contributed by atoms with E-state index in [0.29, 0.717) is 33.7 Å². The number of hydrogen-bond donors (Lipinski definition) is 1. The smallest absolute Gasteiger partial charge is 0.282 e. The molecule has 0 unspecified atom stereocenters. The Morgan fingerprint density at radius 1 is 1.24 bits per heavy atom. The predicted molar refractivity (Wildman–Crippen MR) is 149 cm³/mol. The van der Waals surface area contributed by atoms with Gasteiger partial charge in [0.05, 0.1) is 29.9 Å². The summed E-state index contributed by atoms with van der Waals surface area (Å²) < 4.78 is 27.0. The van der Waals surface area contributed by atoms with Crippen LogP contribution in [0.5, 0.6) is 11.5 Å². The molecule has 1 N–H and O–H groups in total. The lowest BCUT2D eigenvalue weighted by Gasteiger charge is -2.14. The summed E-state index contributed by atoms with van der Waals surface area (Å²) in [6.45, 7) is 1.53. The number of halogens is 3. The van der Waals surface area contributed by atoms with E-state index >= 15 is 0 Å². The van der Waals surface area contributed by atoms with Gasteiger partial charge in [0.1, 0.15) is 11.6 Å². The maximum absolute atomic E-state index is 13.9. The number of carbonyl (C=O) groups is 1. The molecule has 0 saturated heterocycles. The average Bonchev–Trinajstić information content (AvgIpc) is 2.89. The van der Waals surface area contributed by atoms with Gasteiger partial charge in [0.25, 0.3) is 11.5 Å². The highest BCUT2D eigenvalue weighted by Crippen LogP contribution is 2.34. The van der Waals surface area contributed by atoms with E-state index in [1.807, 2.05) is 13.0 Å². The van der Waals surface area contributed by atoms with Crippen molar-refractivity contribution in [1.82, 2.24) is 9.66 Å². The Bertz CT molecular complexity index is 1590. The Kier molecular flexibility index (Phi) is 8.75. The minimum atomic E-state index is -0.583. The van der Waals surface area contributed by atoms with Crippen molar-refractivity contribution in [3.8, 4) is 11.5 Å². The number of hydrogen-bond acceptors (Lipinski definition) is 6. The lowest BCUT2D eigenvalue weighted by Crippen LogP contribution is -2.23. The van der Waals surface area contributed by atoms with Crippen LogP contribution in [0.2, 0.25) is 5.02 Å². The van der Waals surface area contributed by atoms with Gasteiger partial charge < -0.3 is 14.8 Å². The molecule has 1 amide bonds. The number of aromatic nitrogens is 2. The molecule has 0 aliphatic carbocycles. The minimum absolute atomic E-state index is 0.0317. The number of aryl methyl sites for hydroxylation is 1. The quantitative estimate of drug-likeness (QED) is 0.244. The summed E-state index contributed by atoms with van der Waals surface area (Å²) >= 11 is 9.66. The van der Waals surface area contributed by atoms with Crippen LogP contribution in [0, 0.1) is 5.82 Å². The van der Waals surface area contributed by atoms with Crippen LogP contribution in [0.25, 0.3) is 10.9 Å². The predicted octanol–water partition coefficient (Wildman–Crippen LogP) is 5.81. The van der Waals surface area contributed by atoms with E-state index in [2.05, 4.69) is 31.3 Å². The van der Waals surface area contributed by atoms with Crippen LogP contribution >= 0.6 is 27.5 Å². The van der Waals surface area contributed by atoms with Gasteiger partial charge >= 0.3 is 0 Å². The summed E-state index contributed by atoms with van der Waals surface area (Å²) in [5, 5.41) is 7.61. The maximum atomic E-state index is 13.9. The topological polar surface area (TPSA) is 94.8 Å². The van der Waals surface area contributed by atoms with E-state index in [4.69, 9.17) is 21.1 Å². The van der Waals surface area contributed by atoms with E-state index in [1.165, 1.54) is 42.3 Å². The number of benzene rings is 3. The van der Waals surface area contributed by atoms with Crippen molar-refractivity contribution in [3.05, 3.63) is 91.7 Å². The molecule has 1 heterocycles. The second kappa shape index (κ2) is 12.2. The van der Waals surface area contributed by atoms with Crippen LogP contribution in [-0.4, -0.2) is 35.5 Å². The molecule has 3 aromatic carbocycles. The average molecular weight is 602 g/mol. The standard InChI is InChI=1S/C27H23BrClFN4O4/c1-3-6-24-32-21-10-9-17(28)12-19(21)27(36)34(24)31-14-16-11-18(29)13-23(37-2)26(16)38-15-25(35)33-22-8-5-4-7-20(22)30/h4-5,7-14H,3,6,15H2,1-2H3,(H,33,35). The molecular weight excluding hydrogens is 579 g/mol. The normalized spacial score (nSPS) is 11.2. The van der Waals surface area contributed by atoms with Crippen molar-refractivity contribution in [2.45, 2.75) is 19.8 Å². The molecule has 4 rings (SSSR count). The Labute approximate surface area is 231 Å². The largest absolute Gasteiger partial charge is 0.493 e. The first-order valence-corrected chi connectivity index (χ1v) is 12.8. The first-order valence-electron chi connectivity index (χ1n) is 11.6. The van der Waals surface area contributed by atoms with Crippen LogP contribution in [0.3, 0.4) is 0 Å². The van der Waals surface area contributed by atoms with E-state index in [1.54, 1.807) is 24.3 Å². The number of amides is 1. The molecule has 11 heteroatoms. The van der Waals surface area contributed by atoms with Gasteiger partial charge in [0.15, 0.2) is 18.1 Å². The second-order valence-electron chi connectivity index (χ2n) is 8.14. The van der Waals surface area contributed by atoms with Crippen LogP contribution in [0.15, 0.2) is 69.0 Å². The van der Waals surface area contributed by atoms with E-state index in [9.17, 15) is 14.0 Å². The van der Waals surface area contributed by atoms with Gasteiger partial charge in [-0.2, -0.15) is 9.78 Å². The van der Waals surface area contributed by atoms with Gasteiger partial charge in [-0.05, 0) is 42.8 Å². The zero-order chi connectivity index (χ0) is 27.2. The van der Waals surface area contributed by atoms with Crippen molar-refractivity contribution >= 4 is 56.2 Å². The molecule has 0 saturated carbocycles. The number of para-hydroxylation sites is 1. The van der Waals surface area contributed by atoms with Crippen molar-refractivity contribution in [2.75, 3.05) is 19.0 Å². The van der Waals surface area contributed by atoms with Gasteiger partial charge in [0, 0.05) is 27.5 Å². The molecule has 0 aliphatic heterocycles. The number of methoxy groups -OCH3 is 1. The summed E-state index contributed by atoms with van der Waals surface area (Å²) in [6, 6.07) is 14.2. The number of nitrogens with zero attached hydrogens (tertiary/aromatic N) is 3. The maximum Gasteiger partial charge on any atom is 0.282 e. The SMILES string of the molecule is CCCc1nc2ccc(Br)cc2c(=O)n1N=Cc1cc(Cl)cc(OC)c1OCC(=O)Nc1ccccc1F. The Hall–Kier alpha value is -3.76. The van der Waals surface area contributed by atoms with Gasteiger partial charge in [-0.3, -0.25) is 9.59 Å². The van der Waals surface area contributed by atoms with Crippen LogP contribution in [0.4, 0.5) is 10.1 Å². The minimum Gasteiger partial charge on any atom is -0.493 e. The van der Waals surface area contributed by atoms with Crippen LogP contribution in [0.1, 0.15) is 24.7 Å². The zero-order valence-electron chi connectivity index (χ0n) is 20.5.